The quantitative estimate of drug-likeness (QED) is 0.164. The molecule has 4 aromatic rings. The SMILES string of the molecule is O=C(NC(=S)Nc1ccc(-c2cc3ccccc3oc2=O)cc1)c1ccc(N2CCCC2)c([N+](=O)[O-])c1. The Balaban J connectivity index is 1.27. The van der Waals surface area contributed by atoms with Crippen molar-refractivity contribution < 1.29 is 14.1 Å². The zero-order chi connectivity index (χ0) is 25.9. The van der Waals surface area contributed by atoms with Gasteiger partial charge in [0.25, 0.3) is 11.6 Å². The number of nitrogens with one attached hydrogen (secondary N) is 2. The van der Waals surface area contributed by atoms with Gasteiger partial charge >= 0.3 is 5.63 Å². The van der Waals surface area contributed by atoms with E-state index in [0.717, 1.165) is 31.3 Å². The summed E-state index contributed by atoms with van der Waals surface area (Å²) in [4.78, 5) is 38.2. The van der Waals surface area contributed by atoms with Gasteiger partial charge in [0, 0.05) is 35.8 Å². The minimum atomic E-state index is -0.557. The molecule has 1 fully saturated rings. The number of anilines is 2. The number of carbonyl (C=O) groups is 1. The summed E-state index contributed by atoms with van der Waals surface area (Å²) in [6.07, 6.45) is 1.96. The van der Waals surface area contributed by atoms with E-state index in [1.807, 2.05) is 17.0 Å². The van der Waals surface area contributed by atoms with Crippen LogP contribution in [-0.2, 0) is 0 Å². The highest BCUT2D eigenvalue weighted by Gasteiger charge is 2.24. The van der Waals surface area contributed by atoms with E-state index in [4.69, 9.17) is 16.6 Å². The third-order valence-corrected chi connectivity index (χ3v) is 6.41. The molecule has 0 aliphatic carbocycles. The number of benzene rings is 3. The van der Waals surface area contributed by atoms with Crippen LogP contribution in [0.5, 0.6) is 0 Å². The Kier molecular flexibility index (Phi) is 6.65. The van der Waals surface area contributed by atoms with Gasteiger partial charge in [-0.05, 0) is 67.0 Å². The van der Waals surface area contributed by atoms with Gasteiger partial charge in [-0.3, -0.25) is 20.2 Å². The van der Waals surface area contributed by atoms with Crippen molar-refractivity contribution in [3.05, 3.63) is 98.9 Å². The molecule has 0 bridgehead atoms. The molecule has 0 atom stereocenters. The summed E-state index contributed by atoms with van der Waals surface area (Å²) < 4.78 is 5.40. The van der Waals surface area contributed by atoms with Gasteiger partial charge in [0.1, 0.15) is 11.3 Å². The lowest BCUT2D eigenvalue weighted by Crippen LogP contribution is -2.34. The summed E-state index contributed by atoms with van der Waals surface area (Å²) >= 11 is 5.26. The van der Waals surface area contributed by atoms with Gasteiger partial charge in [0.05, 0.1) is 10.5 Å². The number of nitro groups is 1. The van der Waals surface area contributed by atoms with Crippen LogP contribution in [0.1, 0.15) is 23.2 Å². The lowest BCUT2D eigenvalue weighted by Gasteiger charge is -2.18. The monoisotopic (exact) mass is 514 g/mol. The second-order valence-electron chi connectivity index (χ2n) is 8.63. The molecule has 10 heteroatoms. The van der Waals surface area contributed by atoms with E-state index in [9.17, 15) is 19.7 Å². The standard InChI is InChI=1S/C27H22N4O5S/c32-25(19-9-12-22(23(16-19)31(34)35)30-13-3-4-14-30)29-27(37)28-20-10-7-17(8-11-20)21-15-18-5-1-2-6-24(18)36-26(21)33/h1-2,5-12,15-16H,3-4,13-14H2,(H2,28,29,32,37). The summed E-state index contributed by atoms with van der Waals surface area (Å²) in [7, 11) is 0. The van der Waals surface area contributed by atoms with Crippen molar-refractivity contribution in [2.24, 2.45) is 0 Å². The molecule has 1 aliphatic rings. The van der Waals surface area contributed by atoms with E-state index in [-0.39, 0.29) is 16.4 Å². The van der Waals surface area contributed by atoms with E-state index < -0.39 is 16.5 Å². The normalized spacial score (nSPS) is 12.9. The van der Waals surface area contributed by atoms with Crippen molar-refractivity contribution in [1.29, 1.82) is 0 Å². The molecule has 9 nitrogen and oxygen atoms in total. The summed E-state index contributed by atoms with van der Waals surface area (Å²) in [5.41, 5.74) is 2.32. The zero-order valence-corrected chi connectivity index (χ0v) is 20.4. The third-order valence-electron chi connectivity index (χ3n) is 6.20. The van der Waals surface area contributed by atoms with Gasteiger partial charge in [-0.2, -0.15) is 0 Å². The lowest BCUT2D eigenvalue weighted by atomic mass is 10.1. The van der Waals surface area contributed by atoms with Crippen LogP contribution >= 0.6 is 12.2 Å². The molecule has 0 radical (unpaired) electrons. The molecule has 1 aromatic heterocycles. The number of hydrogen-bond donors (Lipinski definition) is 2. The number of amides is 1. The fraction of sp³-hybridized carbons (Fsp3) is 0.148. The number of hydrogen-bond acceptors (Lipinski definition) is 7. The second kappa shape index (κ2) is 10.2. The van der Waals surface area contributed by atoms with Crippen molar-refractivity contribution in [3.63, 3.8) is 0 Å². The van der Waals surface area contributed by atoms with E-state index >= 15 is 0 Å². The smallest absolute Gasteiger partial charge is 0.344 e. The molecule has 1 saturated heterocycles. The highest BCUT2D eigenvalue weighted by molar-refractivity contribution is 7.80. The Morgan fingerprint density at radius 3 is 2.46 bits per heavy atom. The number of nitrogens with zero attached hydrogens (tertiary/aromatic N) is 2. The molecular formula is C27H22N4O5S. The van der Waals surface area contributed by atoms with E-state index in [0.29, 0.717) is 28.1 Å². The molecule has 3 aromatic carbocycles. The van der Waals surface area contributed by atoms with Gasteiger partial charge < -0.3 is 14.6 Å². The minimum absolute atomic E-state index is 0.0363. The second-order valence-corrected chi connectivity index (χ2v) is 9.03. The van der Waals surface area contributed by atoms with Crippen LogP contribution in [0.4, 0.5) is 17.1 Å². The van der Waals surface area contributed by atoms with Crippen LogP contribution in [0.25, 0.3) is 22.1 Å². The molecule has 2 N–H and O–H groups in total. The van der Waals surface area contributed by atoms with Crippen LogP contribution in [0, 0.1) is 10.1 Å². The Hall–Kier alpha value is -4.57. The van der Waals surface area contributed by atoms with Gasteiger partial charge in [-0.15, -0.1) is 0 Å². The minimum Gasteiger partial charge on any atom is -0.422 e. The zero-order valence-electron chi connectivity index (χ0n) is 19.6. The lowest BCUT2D eigenvalue weighted by molar-refractivity contribution is -0.384. The average Bonchev–Trinajstić information content (AvgIpc) is 3.43. The van der Waals surface area contributed by atoms with Crippen molar-refractivity contribution in [2.75, 3.05) is 23.3 Å². The van der Waals surface area contributed by atoms with Gasteiger partial charge in [0.2, 0.25) is 0 Å². The topological polar surface area (TPSA) is 118 Å². The van der Waals surface area contributed by atoms with Crippen molar-refractivity contribution in [1.82, 2.24) is 5.32 Å². The molecule has 0 unspecified atom stereocenters. The van der Waals surface area contributed by atoms with Gasteiger partial charge in [0.15, 0.2) is 5.11 Å². The maximum atomic E-state index is 12.7. The van der Waals surface area contributed by atoms with Crippen LogP contribution in [0.15, 0.2) is 82.0 Å². The number of nitro benzene ring substituents is 1. The number of thiocarbonyl (C=S) groups is 1. The molecule has 0 saturated carbocycles. The summed E-state index contributed by atoms with van der Waals surface area (Å²) in [5, 5.41) is 17.9. The maximum Gasteiger partial charge on any atom is 0.344 e. The predicted molar refractivity (Wildman–Crippen MR) is 146 cm³/mol. The highest BCUT2D eigenvalue weighted by Crippen LogP contribution is 2.31. The molecule has 0 spiro atoms. The Morgan fingerprint density at radius 1 is 1.00 bits per heavy atom. The van der Waals surface area contributed by atoms with Crippen LogP contribution in [0.3, 0.4) is 0 Å². The fourth-order valence-electron chi connectivity index (χ4n) is 4.37. The van der Waals surface area contributed by atoms with E-state index in [2.05, 4.69) is 10.6 Å². The molecular weight excluding hydrogens is 492 g/mol. The number of para-hydroxylation sites is 1. The molecule has 5 rings (SSSR count). The Morgan fingerprint density at radius 2 is 1.73 bits per heavy atom. The van der Waals surface area contributed by atoms with Crippen LogP contribution in [-0.4, -0.2) is 29.0 Å². The summed E-state index contributed by atoms with van der Waals surface area (Å²) in [6, 6.07) is 20.4. The first-order valence-corrected chi connectivity index (χ1v) is 12.1. The first-order chi connectivity index (χ1) is 17.9. The fourth-order valence-corrected chi connectivity index (χ4v) is 4.58. The number of carbonyl (C=O) groups excluding carboxylic acids is 1. The van der Waals surface area contributed by atoms with Crippen LogP contribution < -0.4 is 21.2 Å². The first kappa shape index (κ1) is 24.1. The number of rotatable bonds is 5. The van der Waals surface area contributed by atoms with Gasteiger partial charge in [-0.1, -0.05) is 30.3 Å². The largest absolute Gasteiger partial charge is 0.422 e. The van der Waals surface area contributed by atoms with Crippen molar-refractivity contribution in [3.8, 4) is 11.1 Å². The summed E-state index contributed by atoms with van der Waals surface area (Å²) in [5.74, 6) is -0.557. The maximum absolute atomic E-state index is 12.7. The van der Waals surface area contributed by atoms with Crippen molar-refractivity contribution in [2.45, 2.75) is 12.8 Å². The molecule has 186 valence electrons. The molecule has 37 heavy (non-hydrogen) atoms. The third kappa shape index (κ3) is 5.19. The molecule has 1 aliphatic heterocycles. The molecule has 1 amide bonds. The van der Waals surface area contributed by atoms with Crippen LogP contribution in [0.2, 0.25) is 0 Å². The molecule has 2 heterocycles. The average molecular weight is 515 g/mol. The Bertz CT molecular complexity index is 1580. The predicted octanol–water partition coefficient (Wildman–Crippen LogP) is 5.10. The highest BCUT2D eigenvalue weighted by atomic mass is 32.1. The van der Waals surface area contributed by atoms with Crippen molar-refractivity contribution >= 4 is 51.3 Å². The Labute approximate surface area is 216 Å². The van der Waals surface area contributed by atoms with Gasteiger partial charge in [-0.25, -0.2) is 4.79 Å². The first-order valence-electron chi connectivity index (χ1n) is 11.7. The van der Waals surface area contributed by atoms with E-state index in [1.165, 1.54) is 6.07 Å². The number of fused-ring (bicyclic) bond motifs is 1. The van der Waals surface area contributed by atoms with E-state index in [1.54, 1.807) is 54.6 Å². The summed E-state index contributed by atoms with van der Waals surface area (Å²) in [6.45, 7) is 1.51.